The first-order chi connectivity index (χ1) is 7.60. The first-order valence-electron chi connectivity index (χ1n) is 4.47. The molecular formula is C10H10BrF2NO2. The molecule has 0 saturated carbocycles. The second-order valence-electron chi connectivity index (χ2n) is 3.02. The van der Waals surface area contributed by atoms with Crippen molar-refractivity contribution in [2.45, 2.75) is 18.2 Å². The number of alkyl halides is 3. The highest BCUT2D eigenvalue weighted by Crippen LogP contribution is 2.27. The van der Waals surface area contributed by atoms with Gasteiger partial charge in [-0.05, 0) is 11.6 Å². The summed E-state index contributed by atoms with van der Waals surface area (Å²) in [6.45, 7) is 0. The van der Waals surface area contributed by atoms with E-state index in [4.69, 9.17) is 0 Å². The van der Waals surface area contributed by atoms with E-state index in [0.29, 0.717) is 0 Å². The predicted molar refractivity (Wildman–Crippen MR) is 57.5 cm³/mol. The number of rotatable bonds is 4. The maximum Gasteiger partial charge on any atom is 0.309 e. The third-order valence-electron chi connectivity index (χ3n) is 2.07. The molecule has 0 fully saturated rings. The molecule has 0 aliphatic heterocycles. The Morgan fingerprint density at radius 3 is 2.81 bits per heavy atom. The molecule has 1 rings (SSSR count). The van der Waals surface area contributed by atoms with Crippen molar-refractivity contribution in [2.24, 2.45) is 0 Å². The van der Waals surface area contributed by atoms with Crippen molar-refractivity contribution in [1.82, 2.24) is 4.98 Å². The molecule has 0 aromatic carbocycles. The Bertz CT molecular complexity index is 385. The van der Waals surface area contributed by atoms with Gasteiger partial charge in [-0.25, -0.2) is 8.78 Å². The number of halogens is 3. The van der Waals surface area contributed by atoms with Gasteiger partial charge in [-0.1, -0.05) is 15.9 Å². The van der Waals surface area contributed by atoms with E-state index in [1.807, 2.05) is 0 Å². The van der Waals surface area contributed by atoms with Crippen molar-refractivity contribution in [1.29, 1.82) is 0 Å². The number of nitrogens with zero attached hydrogens (tertiary/aromatic N) is 1. The maximum atomic E-state index is 12.8. The van der Waals surface area contributed by atoms with Crippen molar-refractivity contribution < 1.29 is 18.3 Å². The minimum atomic E-state index is -2.65. The number of carbonyl (C=O) groups excluding carboxylic acids is 1. The van der Waals surface area contributed by atoms with Gasteiger partial charge in [-0.2, -0.15) is 0 Å². The fraction of sp³-hybridized carbons (Fsp3) is 0.400. The summed E-state index contributed by atoms with van der Waals surface area (Å²) >= 11 is 3.08. The number of esters is 1. The molecule has 88 valence electrons. The Balaban J connectivity index is 3.11. The zero-order valence-corrected chi connectivity index (χ0v) is 10.1. The molecule has 0 atom stereocenters. The monoisotopic (exact) mass is 293 g/mol. The molecule has 6 heteroatoms. The third kappa shape index (κ3) is 2.98. The van der Waals surface area contributed by atoms with Crippen molar-refractivity contribution in [3.8, 4) is 0 Å². The standard InChI is InChI=1S/C10H10BrF2NO2/c1-16-8(15)4-6-2-3-14-7(5-11)9(6)10(12)13/h2-3,10H,4-5H2,1H3. The Labute approximate surface area is 99.9 Å². The zero-order valence-electron chi connectivity index (χ0n) is 8.54. The van der Waals surface area contributed by atoms with Gasteiger partial charge in [-0.3, -0.25) is 9.78 Å². The summed E-state index contributed by atoms with van der Waals surface area (Å²) in [5.41, 5.74) is 0.312. The van der Waals surface area contributed by atoms with E-state index < -0.39 is 12.4 Å². The van der Waals surface area contributed by atoms with Crippen LogP contribution in [0.15, 0.2) is 12.3 Å². The van der Waals surface area contributed by atoms with Crippen LogP contribution in [0.5, 0.6) is 0 Å². The maximum absolute atomic E-state index is 12.8. The highest BCUT2D eigenvalue weighted by atomic mass is 79.9. The molecule has 0 aliphatic rings. The fourth-order valence-corrected chi connectivity index (χ4v) is 1.76. The molecule has 1 heterocycles. The number of hydrogen-bond acceptors (Lipinski definition) is 3. The van der Waals surface area contributed by atoms with Crippen LogP contribution in [0.4, 0.5) is 8.78 Å². The number of carbonyl (C=O) groups is 1. The number of methoxy groups -OCH3 is 1. The topological polar surface area (TPSA) is 39.2 Å². The highest BCUT2D eigenvalue weighted by Gasteiger charge is 2.19. The molecule has 0 bridgehead atoms. The van der Waals surface area contributed by atoms with Crippen LogP contribution >= 0.6 is 15.9 Å². The van der Waals surface area contributed by atoms with E-state index in [1.165, 1.54) is 19.4 Å². The Hall–Kier alpha value is -1.04. The molecule has 3 nitrogen and oxygen atoms in total. The molecule has 1 aromatic heterocycles. The number of hydrogen-bond donors (Lipinski definition) is 0. The van der Waals surface area contributed by atoms with Gasteiger partial charge in [0.25, 0.3) is 6.43 Å². The molecule has 0 amide bonds. The van der Waals surface area contributed by atoms with Crippen LogP contribution in [0.2, 0.25) is 0 Å². The van der Waals surface area contributed by atoms with Crippen LogP contribution in [0.3, 0.4) is 0 Å². The number of ether oxygens (including phenoxy) is 1. The molecule has 0 saturated heterocycles. The number of aromatic nitrogens is 1. The lowest BCUT2D eigenvalue weighted by Gasteiger charge is -2.10. The van der Waals surface area contributed by atoms with Crippen LogP contribution in [0.25, 0.3) is 0 Å². The lowest BCUT2D eigenvalue weighted by molar-refractivity contribution is -0.139. The Morgan fingerprint density at radius 2 is 2.31 bits per heavy atom. The van der Waals surface area contributed by atoms with Crippen LogP contribution in [0.1, 0.15) is 23.2 Å². The zero-order chi connectivity index (χ0) is 12.1. The quantitative estimate of drug-likeness (QED) is 0.633. The van der Waals surface area contributed by atoms with Gasteiger partial charge < -0.3 is 4.74 Å². The van der Waals surface area contributed by atoms with Gasteiger partial charge >= 0.3 is 5.97 Å². The Kier molecular flexibility index (Phi) is 4.79. The smallest absolute Gasteiger partial charge is 0.309 e. The minimum Gasteiger partial charge on any atom is -0.469 e. The summed E-state index contributed by atoms with van der Waals surface area (Å²) < 4.78 is 30.1. The van der Waals surface area contributed by atoms with Gasteiger partial charge in [-0.15, -0.1) is 0 Å². The molecule has 0 N–H and O–H groups in total. The minimum absolute atomic E-state index is 0.168. The van der Waals surface area contributed by atoms with Gasteiger partial charge in [0, 0.05) is 17.1 Å². The lowest BCUT2D eigenvalue weighted by atomic mass is 10.0. The molecule has 0 spiro atoms. The van der Waals surface area contributed by atoms with Crippen molar-refractivity contribution in [3.05, 3.63) is 29.1 Å². The molecule has 0 unspecified atom stereocenters. The molecule has 0 aliphatic carbocycles. The van der Waals surface area contributed by atoms with Gasteiger partial charge in [0.2, 0.25) is 0 Å². The van der Waals surface area contributed by atoms with E-state index in [0.717, 1.165) is 0 Å². The van der Waals surface area contributed by atoms with Gasteiger partial charge in [0.05, 0.1) is 19.2 Å². The second-order valence-corrected chi connectivity index (χ2v) is 3.58. The van der Waals surface area contributed by atoms with E-state index in [-0.39, 0.29) is 28.6 Å². The summed E-state index contributed by atoms with van der Waals surface area (Å²) in [6, 6.07) is 1.41. The normalized spacial score (nSPS) is 10.6. The first kappa shape index (κ1) is 13.0. The van der Waals surface area contributed by atoms with Crippen molar-refractivity contribution in [3.63, 3.8) is 0 Å². The fourth-order valence-electron chi connectivity index (χ4n) is 1.32. The molecule has 16 heavy (non-hydrogen) atoms. The van der Waals surface area contributed by atoms with Gasteiger partial charge in [0.1, 0.15) is 0 Å². The summed E-state index contributed by atoms with van der Waals surface area (Å²) in [7, 11) is 1.22. The van der Waals surface area contributed by atoms with Crippen molar-refractivity contribution >= 4 is 21.9 Å². The summed E-state index contributed by atoms with van der Waals surface area (Å²) in [5.74, 6) is -0.548. The van der Waals surface area contributed by atoms with E-state index in [2.05, 4.69) is 25.7 Å². The van der Waals surface area contributed by atoms with Gasteiger partial charge in [0.15, 0.2) is 0 Å². The van der Waals surface area contributed by atoms with E-state index in [1.54, 1.807) is 0 Å². The molecule has 0 radical (unpaired) electrons. The van der Waals surface area contributed by atoms with E-state index in [9.17, 15) is 13.6 Å². The second kappa shape index (κ2) is 5.89. The van der Waals surface area contributed by atoms with Crippen LogP contribution in [0, 0.1) is 0 Å². The third-order valence-corrected chi connectivity index (χ3v) is 2.60. The first-order valence-corrected chi connectivity index (χ1v) is 5.59. The van der Waals surface area contributed by atoms with E-state index >= 15 is 0 Å². The summed E-state index contributed by atoms with van der Waals surface area (Å²) in [4.78, 5) is 14.9. The largest absolute Gasteiger partial charge is 0.469 e. The predicted octanol–water partition coefficient (Wildman–Crippen LogP) is 2.63. The van der Waals surface area contributed by atoms with Crippen LogP contribution in [-0.2, 0) is 21.3 Å². The summed E-state index contributed by atoms with van der Waals surface area (Å²) in [5, 5.41) is 0.224. The van der Waals surface area contributed by atoms with Crippen LogP contribution < -0.4 is 0 Å². The summed E-state index contributed by atoms with van der Waals surface area (Å²) in [6.07, 6.45) is -1.42. The van der Waals surface area contributed by atoms with Crippen molar-refractivity contribution in [2.75, 3.05) is 7.11 Å². The van der Waals surface area contributed by atoms with Crippen LogP contribution in [-0.4, -0.2) is 18.1 Å². The SMILES string of the molecule is COC(=O)Cc1ccnc(CBr)c1C(F)F. The highest BCUT2D eigenvalue weighted by molar-refractivity contribution is 9.08. The molecular weight excluding hydrogens is 284 g/mol. The molecule has 1 aromatic rings. The average molecular weight is 294 g/mol. The Morgan fingerprint density at radius 1 is 1.62 bits per heavy atom. The number of pyridine rings is 1. The lowest BCUT2D eigenvalue weighted by Crippen LogP contribution is -2.09. The average Bonchev–Trinajstić information content (AvgIpc) is 2.28.